The van der Waals surface area contributed by atoms with Crippen molar-refractivity contribution in [2.45, 2.75) is 26.7 Å². The van der Waals surface area contributed by atoms with Gasteiger partial charge < -0.3 is 10.2 Å². The van der Waals surface area contributed by atoms with Gasteiger partial charge in [0.05, 0.1) is 11.9 Å². The molecule has 0 saturated carbocycles. The molecule has 2 atom stereocenters. The molecule has 0 spiro atoms. The molecule has 2 aliphatic rings. The average molecular weight is 273 g/mol. The van der Waals surface area contributed by atoms with E-state index in [2.05, 4.69) is 15.2 Å². The third-order valence-electron chi connectivity index (χ3n) is 3.99. The first kappa shape index (κ1) is 14.7. The van der Waals surface area contributed by atoms with Crippen molar-refractivity contribution in [1.29, 1.82) is 0 Å². The van der Waals surface area contributed by atoms with Gasteiger partial charge >= 0.3 is 0 Å². The van der Waals surface area contributed by atoms with Gasteiger partial charge in [-0.3, -0.25) is 9.78 Å². The Kier molecular flexibility index (Phi) is 4.90. The van der Waals surface area contributed by atoms with Crippen LogP contribution in [0.5, 0.6) is 0 Å². The van der Waals surface area contributed by atoms with Crippen LogP contribution in [0.15, 0.2) is 36.2 Å². The maximum atomic E-state index is 12.0. The number of hydrogen-bond acceptors (Lipinski definition) is 3. The number of nitrogens with zero attached hydrogens (tertiary/aromatic N) is 2. The van der Waals surface area contributed by atoms with E-state index in [9.17, 15) is 4.79 Å². The second kappa shape index (κ2) is 6.66. The average Bonchev–Trinajstić information content (AvgIpc) is 2.44. The first-order valence-corrected chi connectivity index (χ1v) is 6.95. The molecule has 0 aliphatic carbocycles. The monoisotopic (exact) mass is 273 g/mol. The van der Waals surface area contributed by atoms with Crippen molar-refractivity contribution in [3.63, 3.8) is 0 Å². The molecule has 2 bridgehead atoms. The molecule has 2 saturated heterocycles. The van der Waals surface area contributed by atoms with Crippen LogP contribution in [-0.2, 0) is 4.79 Å². The van der Waals surface area contributed by atoms with Crippen molar-refractivity contribution in [1.82, 2.24) is 9.88 Å². The van der Waals surface area contributed by atoms with E-state index in [0.29, 0.717) is 5.92 Å². The summed E-state index contributed by atoms with van der Waals surface area (Å²) < 4.78 is 0. The fourth-order valence-corrected chi connectivity index (χ4v) is 3.03. The van der Waals surface area contributed by atoms with Gasteiger partial charge in [0.25, 0.3) is 0 Å². The Hall–Kier alpha value is -1.68. The number of nitrogens with one attached hydrogen (secondary N) is 1. The molecule has 3 rings (SSSR count). The highest BCUT2D eigenvalue weighted by atomic mass is 16.1. The number of hydrogen-bond donors (Lipinski definition) is 1. The third-order valence-corrected chi connectivity index (χ3v) is 3.99. The van der Waals surface area contributed by atoms with E-state index in [1.54, 1.807) is 18.5 Å². The van der Waals surface area contributed by atoms with Gasteiger partial charge in [0.1, 0.15) is 0 Å². The van der Waals surface area contributed by atoms with Crippen molar-refractivity contribution in [2.75, 3.05) is 25.0 Å². The second-order valence-corrected chi connectivity index (χ2v) is 5.34. The van der Waals surface area contributed by atoms with E-state index in [1.165, 1.54) is 25.0 Å². The Balaban J connectivity index is 0.00000147. The summed E-state index contributed by atoms with van der Waals surface area (Å²) in [5.41, 5.74) is 2.07. The zero-order valence-corrected chi connectivity index (χ0v) is 11.0. The van der Waals surface area contributed by atoms with E-state index in [4.69, 9.17) is 0 Å². The predicted octanol–water partition coefficient (Wildman–Crippen LogP) is 2.70. The number of piperidine rings is 2. The number of carbonyl (C=O) groups excluding carboxylic acids is 1. The van der Waals surface area contributed by atoms with Crippen molar-refractivity contribution < 1.29 is 4.79 Å². The molecule has 1 N–H and O–H groups in total. The Morgan fingerprint density at radius 3 is 3.15 bits per heavy atom. The lowest BCUT2D eigenvalue weighted by molar-refractivity contribution is -0.112. The molecular formula is C16H23N3O. The van der Waals surface area contributed by atoms with Gasteiger partial charge in [-0.1, -0.05) is 13.0 Å². The molecule has 0 radical (unpaired) electrons. The maximum Gasteiger partial charge on any atom is 0.248 e. The van der Waals surface area contributed by atoms with Crippen molar-refractivity contribution in [3.8, 4) is 0 Å². The number of fused-ring (bicyclic) bond motifs is 2. The number of aromatic nitrogens is 1. The molecule has 2 fully saturated rings. The van der Waals surface area contributed by atoms with Crippen LogP contribution in [0.4, 0.5) is 5.69 Å². The summed E-state index contributed by atoms with van der Waals surface area (Å²) >= 11 is 0. The summed E-state index contributed by atoms with van der Waals surface area (Å²) in [6.07, 6.45) is 8.69. The summed E-state index contributed by atoms with van der Waals surface area (Å²) in [5, 5.41) is 2.87. The second-order valence-electron chi connectivity index (χ2n) is 5.34. The van der Waals surface area contributed by atoms with Crippen molar-refractivity contribution in [2.24, 2.45) is 5.92 Å². The van der Waals surface area contributed by atoms with Crippen LogP contribution >= 0.6 is 0 Å². The molecule has 4 nitrogen and oxygen atoms in total. The Morgan fingerprint density at radius 1 is 1.45 bits per heavy atom. The number of carbonyl (C=O) groups is 1. The molecule has 1 amide bonds. The Bertz CT molecular complexity index is 484. The molecular weight excluding hydrogens is 250 g/mol. The molecule has 108 valence electrons. The number of rotatable bonds is 2. The Labute approximate surface area is 120 Å². The molecule has 2 aliphatic heterocycles. The summed E-state index contributed by atoms with van der Waals surface area (Å²) in [6.45, 7) is 3.46. The zero-order valence-electron chi connectivity index (χ0n) is 11.0. The molecule has 4 heteroatoms. The van der Waals surface area contributed by atoms with Gasteiger partial charge in [0.15, 0.2) is 0 Å². The highest BCUT2D eigenvalue weighted by molar-refractivity contribution is 5.99. The standard InChI is InChI=1S/C15H19N3O.CH4/c19-15(17-14-4-1-6-16-10-14)9-12-5-8-18-7-2-3-13(12)11-18;/h1,4,6,9-10,13H,2-3,5,7-8,11H2,(H,17,19);1H4. The fourth-order valence-electron chi connectivity index (χ4n) is 3.03. The van der Waals surface area contributed by atoms with Crippen LogP contribution in [0.2, 0.25) is 0 Å². The molecule has 0 aromatic carbocycles. The molecule has 20 heavy (non-hydrogen) atoms. The highest BCUT2D eigenvalue weighted by Crippen LogP contribution is 2.30. The molecule has 1 aromatic heterocycles. The van der Waals surface area contributed by atoms with Crippen LogP contribution in [-0.4, -0.2) is 35.4 Å². The van der Waals surface area contributed by atoms with Crippen LogP contribution < -0.4 is 5.32 Å². The molecule has 2 unspecified atom stereocenters. The van der Waals surface area contributed by atoms with Crippen molar-refractivity contribution in [3.05, 3.63) is 36.2 Å². The number of pyridine rings is 1. The van der Waals surface area contributed by atoms with E-state index < -0.39 is 0 Å². The van der Waals surface area contributed by atoms with E-state index in [-0.39, 0.29) is 13.3 Å². The van der Waals surface area contributed by atoms with E-state index in [0.717, 1.165) is 25.2 Å². The summed E-state index contributed by atoms with van der Waals surface area (Å²) in [6, 6.07) is 3.68. The van der Waals surface area contributed by atoms with E-state index >= 15 is 0 Å². The first-order chi connectivity index (χ1) is 9.31. The fraction of sp³-hybridized carbons (Fsp3) is 0.500. The lowest BCUT2D eigenvalue weighted by atomic mass is 9.84. The van der Waals surface area contributed by atoms with Gasteiger partial charge in [-0.25, -0.2) is 0 Å². The maximum absolute atomic E-state index is 12.0. The van der Waals surface area contributed by atoms with Gasteiger partial charge in [0.2, 0.25) is 5.91 Å². The predicted molar refractivity (Wildman–Crippen MR) is 81.5 cm³/mol. The summed E-state index contributed by atoms with van der Waals surface area (Å²) in [7, 11) is 0. The highest BCUT2D eigenvalue weighted by Gasteiger charge is 2.27. The number of amides is 1. The van der Waals surface area contributed by atoms with E-state index in [1.807, 2.05) is 12.1 Å². The van der Waals surface area contributed by atoms with Gasteiger partial charge in [-0.05, 0) is 43.9 Å². The minimum atomic E-state index is -0.0259. The van der Waals surface area contributed by atoms with Crippen molar-refractivity contribution >= 4 is 11.6 Å². The zero-order chi connectivity index (χ0) is 13.1. The van der Waals surface area contributed by atoms with Gasteiger partial charge in [-0.2, -0.15) is 0 Å². The largest absolute Gasteiger partial charge is 0.321 e. The minimum absolute atomic E-state index is 0. The van der Waals surface area contributed by atoms with Crippen LogP contribution in [0.25, 0.3) is 0 Å². The topological polar surface area (TPSA) is 45.2 Å². The van der Waals surface area contributed by atoms with Crippen LogP contribution in [0.3, 0.4) is 0 Å². The Morgan fingerprint density at radius 2 is 2.35 bits per heavy atom. The normalized spacial score (nSPS) is 26.7. The lowest BCUT2D eigenvalue weighted by Gasteiger charge is -2.39. The summed E-state index contributed by atoms with van der Waals surface area (Å²) in [5.74, 6) is 0.559. The summed E-state index contributed by atoms with van der Waals surface area (Å²) in [4.78, 5) is 18.5. The van der Waals surface area contributed by atoms with Crippen LogP contribution in [0.1, 0.15) is 26.7 Å². The van der Waals surface area contributed by atoms with Gasteiger partial charge in [-0.15, -0.1) is 0 Å². The lowest BCUT2D eigenvalue weighted by Crippen LogP contribution is -2.41. The van der Waals surface area contributed by atoms with Crippen LogP contribution in [0, 0.1) is 5.92 Å². The first-order valence-electron chi connectivity index (χ1n) is 6.95. The minimum Gasteiger partial charge on any atom is -0.321 e. The quantitative estimate of drug-likeness (QED) is 0.843. The molecule has 1 aromatic rings. The third kappa shape index (κ3) is 3.45. The number of anilines is 1. The molecule has 3 heterocycles. The van der Waals surface area contributed by atoms with Gasteiger partial charge in [0, 0.05) is 25.4 Å². The SMILES string of the molecule is C.O=C(C=C1CCN2CCCC1C2)Nc1cccnc1. The smallest absolute Gasteiger partial charge is 0.248 e.